The molecule has 1 aliphatic rings. The lowest BCUT2D eigenvalue weighted by molar-refractivity contribution is -0.121. The second-order valence-corrected chi connectivity index (χ2v) is 10.9. The van der Waals surface area contributed by atoms with Crippen LogP contribution in [0.4, 0.5) is 0 Å². The van der Waals surface area contributed by atoms with E-state index in [4.69, 9.17) is 21.3 Å². The first-order chi connectivity index (χ1) is 20.8. The molecule has 6 rings (SSSR count). The van der Waals surface area contributed by atoms with Crippen LogP contribution in [0.2, 0.25) is 5.02 Å². The van der Waals surface area contributed by atoms with Crippen molar-refractivity contribution in [3.05, 3.63) is 112 Å². The van der Waals surface area contributed by atoms with Gasteiger partial charge in [-0.3, -0.25) is 14.4 Å². The number of nitrogens with one attached hydrogen (secondary N) is 1. The van der Waals surface area contributed by atoms with E-state index in [2.05, 4.69) is 15.5 Å². The molecular weight excluding hydrogens is 565 g/mol. The third-order valence-electron chi connectivity index (χ3n) is 7.59. The van der Waals surface area contributed by atoms with Crippen molar-refractivity contribution in [2.24, 2.45) is 4.99 Å². The number of benzene rings is 4. The summed E-state index contributed by atoms with van der Waals surface area (Å²) in [6.45, 7) is 2.30. The van der Waals surface area contributed by atoms with Crippen molar-refractivity contribution in [3.63, 3.8) is 0 Å². The molecule has 1 amide bonds. The molecular formula is C32H29BClN5O4. The van der Waals surface area contributed by atoms with Crippen molar-refractivity contribution < 1.29 is 19.6 Å². The summed E-state index contributed by atoms with van der Waals surface area (Å²) in [5.74, 6) is 1.79. The van der Waals surface area contributed by atoms with Gasteiger partial charge >= 0.3 is 7.12 Å². The van der Waals surface area contributed by atoms with E-state index in [1.807, 2.05) is 78.2 Å². The molecule has 1 aliphatic heterocycles. The van der Waals surface area contributed by atoms with Gasteiger partial charge in [-0.05, 0) is 65.5 Å². The van der Waals surface area contributed by atoms with Crippen LogP contribution in [0, 0.1) is 6.92 Å². The Hall–Kier alpha value is -4.51. The Morgan fingerprint density at radius 1 is 1.00 bits per heavy atom. The Bertz CT molecular complexity index is 1860. The molecule has 0 saturated carbocycles. The molecule has 0 unspecified atom stereocenters. The van der Waals surface area contributed by atoms with Crippen LogP contribution in [0.15, 0.2) is 83.9 Å². The average Bonchev–Trinajstić information content (AvgIpc) is 3.33. The zero-order chi connectivity index (χ0) is 30.1. The lowest BCUT2D eigenvalue weighted by atomic mass is 9.79. The number of fused-ring (bicyclic) bond motifs is 4. The van der Waals surface area contributed by atoms with Gasteiger partial charge in [0.15, 0.2) is 5.82 Å². The number of hydrogen-bond donors (Lipinski definition) is 3. The maximum atomic E-state index is 13.3. The normalized spacial score (nSPS) is 14.0. The first-order valence-corrected chi connectivity index (χ1v) is 14.3. The zero-order valence-corrected chi connectivity index (χ0v) is 24.4. The lowest BCUT2D eigenvalue weighted by Gasteiger charge is -2.14. The number of aromatic nitrogens is 3. The third kappa shape index (κ3) is 5.90. The summed E-state index contributed by atoms with van der Waals surface area (Å²) in [6.07, 6.45) is 0.688. The highest BCUT2D eigenvalue weighted by atomic mass is 35.5. The Labute approximate surface area is 254 Å². The summed E-state index contributed by atoms with van der Waals surface area (Å²) in [6, 6.07) is 23.9. The molecule has 9 nitrogen and oxygen atoms in total. The number of ether oxygens (including phenoxy) is 1. The summed E-state index contributed by atoms with van der Waals surface area (Å²) in [5, 5.41) is 33.4. The Balaban J connectivity index is 1.26. The van der Waals surface area contributed by atoms with Gasteiger partial charge in [-0.15, -0.1) is 10.2 Å². The average molecular weight is 594 g/mol. The zero-order valence-electron chi connectivity index (χ0n) is 23.7. The van der Waals surface area contributed by atoms with Gasteiger partial charge in [-0.25, -0.2) is 0 Å². The van der Waals surface area contributed by atoms with Gasteiger partial charge in [0, 0.05) is 22.7 Å². The molecule has 1 aromatic heterocycles. The van der Waals surface area contributed by atoms with Gasteiger partial charge in [0.25, 0.3) is 0 Å². The predicted octanol–water partition coefficient (Wildman–Crippen LogP) is 3.71. The minimum atomic E-state index is -1.52. The third-order valence-corrected chi connectivity index (χ3v) is 7.84. The molecule has 5 aromatic rings. The highest BCUT2D eigenvalue weighted by Gasteiger charge is 2.30. The summed E-state index contributed by atoms with van der Waals surface area (Å²) in [5.41, 5.74) is 4.70. The molecule has 4 aromatic carbocycles. The number of carbonyl (C=O) groups is 1. The van der Waals surface area contributed by atoms with E-state index in [0.717, 1.165) is 33.2 Å². The standard InChI is InChI=1S/C32H29BClN5O4/c1-19-37-38-32-28(18-30(40)35-14-13-20-3-4-21-5-8-24(33(41)42)16-23(21)15-20)36-31(22-6-9-25(34)10-7-22)27-17-26(43-2)11-12-29(27)39(19)32/h3-12,15-17,28,41-42H,13-14,18H2,1-2H3,(H,35,40)/t28-/m0/s1. The van der Waals surface area contributed by atoms with Crippen LogP contribution in [0.3, 0.4) is 0 Å². The largest absolute Gasteiger partial charge is 0.497 e. The highest BCUT2D eigenvalue weighted by Crippen LogP contribution is 2.34. The van der Waals surface area contributed by atoms with Crippen LogP contribution in [-0.4, -0.2) is 57.2 Å². The molecule has 0 fully saturated rings. The van der Waals surface area contributed by atoms with E-state index in [0.29, 0.717) is 46.6 Å². The molecule has 1 atom stereocenters. The number of rotatable bonds is 8. The van der Waals surface area contributed by atoms with Crippen LogP contribution in [0.1, 0.15) is 40.8 Å². The van der Waals surface area contributed by atoms with Crippen LogP contribution in [0.25, 0.3) is 16.5 Å². The summed E-state index contributed by atoms with van der Waals surface area (Å²) >= 11 is 6.19. The van der Waals surface area contributed by atoms with Gasteiger partial charge < -0.3 is 20.1 Å². The summed E-state index contributed by atoms with van der Waals surface area (Å²) in [4.78, 5) is 18.4. The van der Waals surface area contributed by atoms with Gasteiger partial charge in [0.1, 0.15) is 17.6 Å². The summed E-state index contributed by atoms with van der Waals surface area (Å²) in [7, 11) is 0.0954. The van der Waals surface area contributed by atoms with Crippen LogP contribution in [-0.2, 0) is 11.2 Å². The van der Waals surface area contributed by atoms with E-state index in [9.17, 15) is 14.8 Å². The van der Waals surface area contributed by atoms with Crippen molar-refractivity contribution in [1.82, 2.24) is 20.1 Å². The fourth-order valence-corrected chi connectivity index (χ4v) is 5.53. The molecule has 3 N–H and O–H groups in total. The molecule has 0 spiro atoms. The minimum Gasteiger partial charge on any atom is -0.497 e. The van der Waals surface area contributed by atoms with Gasteiger partial charge in [0.05, 0.1) is 24.9 Å². The van der Waals surface area contributed by atoms with E-state index < -0.39 is 13.2 Å². The second-order valence-electron chi connectivity index (χ2n) is 10.4. The fourth-order valence-electron chi connectivity index (χ4n) is 5.40. The second kappa shape index (κ2) is 12.0. The Kier molecular flexibility index (Phi) is 7.99. The SMILES string of the molecule is COc1ccc2c(c1)C(c1ccc(Cl)cc1)=N[C@@H](CC(=O)NCCc1ccc3ccc(B(O)O)cc3c1)c1nnc(C)n1-2. The monoisotopic (exact) mass is 593 g/mol. The van der Waals surface area contributed by atoms with Crippen LogP contribution in [0.5, 0.6) is 5.75 Å². The number of hydrogen-bond acceptors (Lipinski definition) is 7. The molecule has 2 heterocycles. The van der Waals surface area contributed by atoms with Gasteiger partial charge in [-0.2, -0.15) is 0 Å². The number of carbonyl (C=O) groups excluding carboxylic acids is 1. The van der Waals surface area contributed by atoms with Crippen LogP contribution < -0.4 is 15.5 Å². The number of aliphatic imine (C=N–C) groups is 1. The van der Waals surface area contributed by atoms with Crippen molar-refractivity contribution in [3.8, 4) is 11.4 Å². The predicted molar refractivity (Wildman–Crippen MR) is 168 cm³/mol. The Morgan fingerprint density at radius 3 is 2.56 bits per heavy atom. The van der Waals surface area contributed by atoms with E-state index >= 15 is 0 Å². The maximum absolute atomic E-state index is 13.3. The molecule has 11 heteroatoms. The van der Waals surface area contributed by atoms with E-state index in [1.165, 1.54) is 0 Å². The molecule has 0 radical (unpaired) electrons. The number of amides is 1. The van der Waals surface area contributed by atoms with E-state index in [-0.39, 0.29) is 12.3 Å². The van der Waals surface area contributed by atoms with Gasteiger partial charge in [0.2, 0.25) is 5.91 Å². The number of methoxy groups -OCH3 is 1. The van der Waals surface area contributed by atoms with Crippen molar-refractivity contribution >= 4 is 46.6 Å². The van der Waals surface area contributed by atoms with Crippen molar-refractivity contribution in [2.75, 3.05) is 13.7 Å². The van der Waals surface area contributed by atoms with E-state index in [1.54, 1.807) is 19.2 Å². The topological polar surface area (TPSA) is 122 Å². The molecule has 216 valence electrons. The molecule has 0 bridgehead atoms. The molecule has 0 saturated heterocycles. The molecule has 0 aliphatic carbocycles. The lowest BCUT2D eigenvalue weighted by Crippen LogP contribution is -2.29. The first-order valence-electron chi connectivity index (χ1n) is 13.9. The van der Waals surface area contributed by atoms with Crippen molar-refractivity contribution in [2.45, 2.75) is 25.8 Å². The quantitative estimate of drug-likeness (QED) is 0.236. The number of nitrogens with zero attached hydrogens (tertiary/aromatic N) is 4. The maximum Gasteiger partial charge on any atom is 0.488 e. The fraction of sp³-hybridized carbons (Fsp3) is 0.188. The Morgan fingerprint density at radius 2 is 1.79 bits per heavy atom. The highest BCUT2D eigenvalue weighted by molar-refractivity contribution is 6.58. The van der Waals surface area contributed by atoms with Crippen LogP contribution >= 0.6 is 11.6 Å². The smallest absolute Gasteiger partial charge is 0.488 e. The number of halogens is 1. The van der Waals surface area contributed by atoms with Crippen molar-refractivity contribution in [1.29, 1.82) is 0 Å². The van der Waals surface area contributed by atoms with Gasteiger partial charge in [-0.1, -0.05) is 60.1 Å². The summed E-state index contributed by atoms with van der Waals surface area (Å²) < 4.78 is 7.48. The first kappa shape index (κ1) is 28.6. The molecule has 43 heavy (non-hydrogen) atoms. The minimum absolute atomic E-state index is 0.0792. The number of aryl methyl sites for hydroxylation is 1.